The van der Waals surface area contributed by atoms with Crippen molar-refractivity contribution in [2.75, 3.05) is 12.4 Å². The fourth-order valence-corrected chi connectivity index (χ4v) is 3.66. The molecular formula is C15H26N2O2S. The summed E-state index contributed by atoms with van der Waals surface area (Å²) in [4.78, 5) is 0.308. The largest absolute Gasteiger partial charge is 0.387 e. The Morgan fingerprint density at radius 1 is 1.15 bits per heavy atom. The zero-order chi connectivity index (χ0) is 15.0. The summed E-state index contributed by atoms with van der Waals surface area (Å²) in [6.07, 6.45) is 5.50. The zero-order valence-corrected chi connectivity index (χ0v) is 13.5. The molecule has 1 aromatic rings. The van der Waals surface area contributed by atoms with Gasteiger partial charge in [0.15, 0.2) is 0 Å². The van der Waals surface area contributed by atoms with Crippen LogP contribution in [0.3, 0.4) is 0 Å². The number of sulfonamides is 1. The van der Waals surface area contributed by atoms with Gasteiger partial charge in [-0.15, -0.1) is 0 Å². The van der Waals surface area contributed by atoms with Gasteiger partial charge in [0.05, 0.1) is 5.69 Å². The molecule has 4 nitrogen and oxygen atoms in total. The molecule has 1 unspecified atom stereocenters. The number of hydrogen-bond donors (Lipinski definition) is 2. The monoisotopic (exact) mass is 298 g/mol. The van der Waals surface area contributed by atoms with E-state index < -0.39 is 10.0 Å². The van der Waals surface area contributed by atoms with Crippen LogP contribution in [0.5, 0.6) is 0 Å². The average Bonchev–Trinajstić information content (AvgIpc) is 2.43. The molecule has 0 amide bonds. The first-order valence-corrected chi connectivity index (χ1v) is 8.78. The highest BCUT2D eigenvalue weighted by Crippen LogP contribution is 2.20. The normalized spacial score (nSPS) is 13.2. The van der Waals surface area contributed by atoms with E-state index in [1.54, 1.807) is 25.2 Å². The lowest BCUT2D eigenvalue weighted by atomic mass is 10.1. The predicted octanol–water partition coefficient (Wildman–Crippen LogP) is 3.37. The number of anilines is 1. The van der Waals surface area contributed by atoms with E-state index in [0.29, 0.717) is 10.6 Å². The molecule has 0 spiro atoms. The SMILES string of the molecule is CCCCCCC(C)NS(=O)(=O)c1ccccc1NC. The summed E-state index contributed by atoms with van der Waals surface area (Å²) < 4.78 is 27.5. The van der Waals surface area contributed by atoms with E-state index in [2.05, 4.69) is 17.0 Å². The second-order valence-electron chi connectivity index (χ2n) is 5.12. The van der Waals surface area contributed by atoms with Crippen molar-refractivity contribution >= 4 is 15.7 Å². The third-order valence-corrected chi connectivity index (χ3v) is 4.94. The van der Waals surface area contributed by atoms with Crippen LogP contribution in [0.2, 0.25) is 0 Å². The quantitative estimate of drug-likeness (QED) is 0.687. The Balaban J connectivity index is 2.65. The van der Waals surface area contributed by atoms with Gasteiger partial charge < -0.3 is 5.32 Å². The van der Waals surface area contributed by atoms with Crippen LogP contribution < -0.4 is 10.0 Å². The van der Waals surface area contributed by atoms with Crippen LogP contribution in [-0.4, -0.2) is 21.5 Å². The molecule has 0 fully saturated rings. The fourth-order valence-electron chi connectivity index (χ4n) is 2.17. The first-order chi connectivity index (χ1) is 9.51. The number of benzene rings is 1. The van der Waals surface area contributed by atoms with E-state index in [9.17, 15) is 8.42 Å². The highest BCUT2D eigenvalue weighted by Gasteiger charge is 2.19. The van der Waals surface area contributed by atoms with Gasteiger partial charge in [0.25, 0.3) is 0 Å². The summed E-state index contributed by atoms with van der Waals surface area (Å²) in [7, 11) is -1.73. The number of para-hydroxylation sites is 1. The van der Waals surface area contributed by atoms with Gasteiger partial charge in [-0.25, -0.2) is 13.1 Å². The van der Waals surface area contributed by atoms with Gasteiger partial charge in [-0.1, -0.05) is 44.7 Å². The van der Waals surface area contributed by atoms with Crippen LogP contribution in [0.1, 0.15) is 46.0 Å². The third-order valence-electron chi connectivity index (χ3n) is 3.29. The van der Waals surface area contributed by atoms with Crippen molar-refractivity contribution < 1.29 is 8.42 Å². The van der Waals surface area contributed by atoms with E-state index in [0.717, 1.165) is 19.3 Å². The van der Waals surface area contributed by atoms with E-state index in [4.69, 9.17) is 0 Å². The number of rotatable bonds is 9. The van der Waals surface area contributed by atoms with Gasteiger partial charge in [-0.05, 0) is 25.5 Å². The van der Waals surface area contributed by atoms with Crippen LogP contribution in [0, 0.1) is 0 Å². The van der Waals surface area contributed by atoms with E-state index in [-0.39, 0.29) is 6.04 Å². The summed E-state index contributed by atoms with van der Waals surface area (Å²) in [5.41, 5.74) is 0.623. The van der Waals surface area contributed by atoms with Crippen LogP contribution >= 0.6 is 0 Å². The van der Waals surface area contributed by atoms with Crippen molar-refractivity contribution in [1.82, 2.24) is 4.72 Å². The van der Waals surface area contributed by atoms with Crippen molar-refractivity contribution in [3.8, 4) is 0 Å². The minimum Gasteiger partial charge on any atom is -0.387 e. The predicted molar refractivity (Wildman–Crippen MR) is 84.5 cm³/mol. The molecule has 0 bridgehead atoms. The van der Waals surface area contributed by atoms with Gasteiger partial charge in [-0.2, -0.15) is 0 Å². The van der Waals surface area contributed by atoms with Crippen molar-refractivity contribution in [2.45, 2.75) is 56.9 Å². The lowest BCUT2D eigenvalue weighted by Crippen LogP contribution is -2.32. The molecule has 1 rings (SSSR count). The smallest absolute Gasteiger partial charge is 0.242 e. The van der Waals surface area contributed by atoms with Gasteiger partial charge in [0, 0.05) is 13.1 Å². The maximum Gasteiger partial charge on any atom is 0.242 e. The lowest BCUT2D eigenvalue weighted by Gasteiger charge is -2.16. The summed E-state index contributed by atoms with van der Waals surface area (Å²) >= 11 is 0. The molecule has 0 saturated heterocycles. The highest BCUT2D eigenvalue weighted by atomic mass is 32.2. The fraction of sp³-hybridized carbons (Fsp3) is 0.600. The minimum absolute atomic E-state index is 0.0400. The van der Waals surface area contributed by atoms with Crippen LogP contribution in [-0.2, 0) is 10.0 Å². The molecule has 1 aromatic carbocycles. The highest BCUT2D eigenvalue weighted by molar-refractivity contribution is 7.89. The van der Waals surface area contributed by atoms with Crippen molar-refractivity contribution in [3.63, 3.8) is 0 Å². The van der Waals surface area contributed by atoms with E-state index in [1.165, 1.54) is 12.8 Å². The Kier molecular flexibility index (Phi) is 7.02. The molecule has 0 aliphatic carbocycles. The van der Waals surface area contributed by atoms with Gasteiger partial charge in [0.1, 0.15) is 4.90 Å². The van der Waals surface area contributed by atoms with E-state index >= 15 is 0 Å². The molecule has 5 heteroatoms. The second-order valence-corrected chi connectivity index (χ2v) is 6.80. The topological polar surface area (TPSA) is 58.2 Å². The lowest BCUT2D eigenvalue weighted by molar-refractivity contribution is 0.522. The molecule has 0 saturated carbocycles. The molecule has 2 N–H and O–H groups in total. The third kappa shape index (κ3) is 5.13. The molecular weight excluding hydrogens is 272 g/mol. The Labute approximate surface area is 123 Å². The van der Waals surface area contributed by atoms with Crippen molar-refractivity contribution in [2.24, 2.45) is 0 Å². The Morgan fingerprint density at radius 2 is 1.85 bits per heavy atom. The Hall–Kier alpha value is -1.07. The molecule has 0 aromatic heterocycles. The van der Waals surface area contributed by atoms with Gasteiger partial charge >= 0.3 is 0 Å². The molecule has 20 heavy (non-hydrogen) atoms. The van der Waals surface area contributed by atoms with Crippen molar-refractivity contribution in [3.05, 3.63) is 24.3 Å². The summed E-state index contributed by atoms with van der Waals surface area (Å²) in [6, 6.07) is 6.90. The van der Waals surface area contributed by atoms with Gasteiger partial charge in [0.2, 0.25) is 10.0 Å². The summed E-state index contributed by atoms with van der Waals surface area (Å²) in [5.74, 6) is 0. The van der Waals surface area contributed by atoms with Crippen LogP contribution in [0.15, 0.2) is 29.2 Å². The van der Waals surface area contributed by atoms with Crippen molar-refractivity contribution in [1.29, 1.82) is 0 Å². The molecule has 0 heterocycles. The standard InChI is InChI=1S/C15H26N2O2S/c1-4-5-6-7-10-13(2)17-20(18,19)15-12-9-8-11-14(15)16-3/h8-9,11-13,16-17H,4-7,10H2,1-3H3. The molecule has 0 radical (unpaired) electrons. The molecule has 0 aliphatic rings. The summed E-state index contributed by atoms with van der Waals surface area (Å²) in [5, 5.41) is 2.92. The molecule has 114 valence electrons. The number of unbranched alkanes of at least 4 members (excludes halogenated alkanes) is 3. The van der Waals surface area contributed by atoms with Gasteiger partial charge in [-0.3, -0.25) is 0 Å². The molecule has 1 atom stereocenters. The van der Waals surface area contributed by atoms with E-state index in [1.807, 2.05) is 13.0 Å². The first kappa shape index (κ1) is 17.0. The zero-order valence-electron chi connectivity index (χ0n) is 12.6. The Morgan fingerprint density at radius 3 is 2.50 bits per heavy atom. The Bertz CT molecular complexity index is 500. The van der Waals surface area contributed by atoms with Crippen LogP contribution in [0.25, 0.3) is 0 Å². The second kappa shape index (κ2) is 8.27. The average molecular weight is 298 g/mol. The first-order valence-electron chi connectivity index (χ1n) is 7.30. The number of nitrogens with one attached hydrogen (secondary N) is 2. The van der Waals surface area contributed by atoms with Crippen LogP contribution in [0.4, 0.5) is 5.69 Å². The minimum atomic E-state index is -3.46. The maximum atomic E-state index is 12.4. The summed E-state index contributed by atoms with van der Waals surface area (Å²) in [6.45, 7) is 4.09. The molecule has 0 aliphatic heterocycles. The maximum absolute atomic E-state index is 12.4. The number of hydrogen-bond acceptors (Lipinski definition) is 3.